The van der Waals surface area contributed by atoms with Crippen LogP contribution in [0.1, 0.15) is 45.4 Å². The van der Waals surface area contributed by atoms with E-state index in [1.165, 1.54) is 0 Å². The fourth-order valence-corrected chi connectivity index (χ4v) is 1.35. The third kappa shape index (κ3) is 8.24. The average molecular weight is 244 g/mol. The highest BCUT2D eigenvalue weighted by molar-refractivity contribution is 5.84. The number of carboxylic acid groups (broad SMARTS) is 1. The van der Waals surface area contributed by atoms with Crippen LogP contribution in [0.15, 0.2) is 0 Å². The van der Waals surface area contributed by atoms with Gasteiger partial charge in [-0.1, -0.05) is 19.8 Å². The van der Waals surface area contributed by atoms with Gasteiger partial charge in [0.15, 0.2) is 0 Å². The molecular weight excluding hydrogens is 224 g/mol. The normalized spacial score (nSPS) is 11.8. The summed E-state index contributed by atoms with van der Waals surface area (Å²) in [6.07, 6.45) is 2.97. The Labute approximate surface area is 101 Å². The zero-order valence-electron chi connectivity index (χ0n) is 10.1. The van der Waals surface area contributed by atoms with Gasteiger partial charge >= 0.3 is 5.97 Å². The van der Waals surface area contributed by atoms with Crippen LogP contribution in [0.2, 0.25) is 0 Å². The molecular formula is C11H20N2O4. The molecule has 2 amide bonds. The predicted molar refractivity (Wildman–Crippen MR) is 62.1 cm³/mol. The largest absolute Gasteiger partial charge is 0.480 e. The standard InChI is InChI=1S/C11H20N2O4/c1-2-3-4-5-10(15)13-8(11(16)17)6-7-9(12)14/h8H,2-7H2,1H3,(H2,12,14)(H,13,15)(H,16,17)/t8-/m1/s1. The number of nitrogens with one attached hydrogen (secondary N) is 1. The smallest absolute Gasteiger partial charge is 0.326 e. The lowest BCUT2D eigenvalue weighted by atomic mass is 10.1. The van der Waals surface area contributed by atoms with E-state index in [1.807, 2.05) is 6.92 Å². The maximum absolute atomic E-state index is 11.4. The molecule has 0 aliphatic carbocycles. The zero-order valence-corrected chi connectivity index (χ0v) is 10.1. The molecule has 0 bridgehead atoms. The summed E-state index contributed by atoms with van der Waals surface area (Å²) in [7, 11) is 0. The number of hydrogen-bond acceptors (Lipinski definition) is 3. The molecule has 0 radical (unpaired) electrons. The van der Waals surface area contributed by atoms with Crippen molar-refractivity contribution in [2.24, 2.45) is 5.73 Å². The van der Waals surface area contributed by atoms with E-state index in [2.05, 4.69) is 5.32 Å². The van der Waals surface area contributed by atoms with Crippen molar-refractivity contribution < 1.29 is 19.5 Å². The molecule has 0 fully saturated rings. The third-order valence-electron chi connectivity index (χ3n) is 2.32. The molecule has 0 aliphatic rings. The Morgan fingerprint density at radius 1 is 1.24 bits per heavy atom. The number of primary amides is 1. The molecule has 6 heteroatoms. The summed E-state index contributed by atoms with van der Waals surface area (Å²) < 4.78 is 0. The molecule has 0 aromatic heterocycles. The van der Waals surface area contributed by atoms with E-state index in [4.69, 9.17) is 10.8 Å². The highest BCUT2D eigenvalue weighted by Crippen LogP contribution is 2.02. The lowest BCUT2D eigenvalue weighted by Crippen LogP contribution is -2.41. The summed E-state index contributed by atoms with van der Waals surface area (Å²) in [6.45, 7) is 2.02. The van der Waals surface area contributed by atoms with E-state index >= 15 is 0 Å². The van der Waals surface area contributed by atoms with E-state index < -0.39 is 17.9 Å². The van der Waals surface area contributed by atoms with Gasteiger partial charge < -0.3 is 16.2 Å². The molecule has 0 heterocycles. The predicted octanol–water partition coefficient (Wildman–Crippen LogP) is 0.402. The minimum absolute atomic E-state index is 0.0319. The van der Waals surface area contributed by atoms with Crippen LogP contribution in [0, 0.1) is 0 Å². The Bertz CT molecular complexity index is 279. The number of amides is 2. The lowest BCUT2D eigenvalue weighted by molar-refractivity contribution is -0.142. The van der Waals surface area contributed by atoms with Crippen LogP contribution in [-0.4, -0.2) is 28.9 Å². The summed E-state index contributed by atoms with van der Waals surface area (Å²) in [5.41, 5.74) is 4.93. The number of nitrogens with two attached hydrogens (primary N) is 1. The first-order valence-corrected chi connectivity index (χ1v) is 5.77. The monoisotopic (exact) mass is 244 g/mol. The first kappa shape index (κ1) is 15.4. The first-order valence-electron chi connectivity index (χ1n) is 5.77. The minimum Gasteiger partial charge on any atom is -0.480 e. The summed E-state index contributed by atoms with van der Waals surface area (Å²) in [5.74, 6) is -2.01. The van der Waals surface area contributed by atoms with E-state index in [0.29, 0.717) is 6.42 Å². The molecule has 98 valence electrons. The number of hydrogen-bond donors (Lipinski definition) is 3. The maximum atomic E-state index is 11.4. The molecule has 0 aliphatic heterocycles. The van der Waals surface area contributed by atoms with E-state index in [-0.39, 0.29) is 18.7 Å². The molecule has 0 rings (SSSR count). The van der Waals surface area contributed by atoms with Gasteiger partial charge in [-0.2, -0.15) is 0 Å². The quantitative estimate of drug-likeness (QED) is 0.510. The van der Waals surface area contributed by atoms with Crippen LogP contribution in [0.3, 0.4) is 0 Å². The fourth-order valence-electron chi connectivity index (χ4n) is 1.35. The highest BCUT2D eigenvalue weighted by Gasteiger charge is 2.19. The van der Waals surface area contributed by atoms with Crippen molar-refractivity contribution in [1.29, 1.82) is 0 Å². The molecule has 0 spiro atoms. The van der Waals surface area contributed by atoms with Crippen LogP contribution < -0.4 is 11.1 Å². The molecule has 0 aromatic rings. The Morgan fingerprint density at radius 2 is 1.88 bits per heavy atom. The van der Waals surface area contributed by atoms with Crippen molar-refractivity contribution in [2.45, 2.75) is 51.5 Å². The topological polar surface area (TPSA) is 109 Å². The lowest BCUT2D eigenvalue weighted by Gasteiger charge is -2.13. The SMILES string of the molecule is CCCCCC(=O)N[C@H](CCC(N)=O)C(=O)O. The van der Waals surface area contributed by atoms with Gasteiger partial charge in [-0.3, -0.25) is 9.59 Å². The molecule has 17 heavy (non-hydrogen) atoms. The van der Waals surface area contributed by atoms with Gasteiger partial charge in [0.1, 0.15) is 6.04 Å². The van der Waals surface area contributed by atoms with Crippen LogP contribution in [-0.2, 0) is 14.4 Å². The van der Waals surface area contributed by atoms with Gasteiger partial charge in [0, 0.05) is 12.8 Å². The van der Waals surface area contributed by atoms with Crippen LogP contribution in [0.5, 0.6) is 0 Å². The molecule has 0 unspecified atom stereocenters. The van der Waals surface area contributed by atoms with Gasteiger partial charge in [0.2, 0.25) is 11.8 Å². The van der Waals surface area contributed by atoms with Crippen molar-refractivity contribution in [2.75, 3.05) is 0 Å². The third-order valence-corrected chi connectivity index (χ3v) is 2.32. The number of carbonyl (C=O) groups is 3. The van der Waals surface area contributed by atoms with Crippen molar-refractivity contribution in [1.82, 2.24) is 5.32 Å². The van der Waals surface area contributed by atoms with Gasteiger partial charge in [-0.15, -0.1) is 0 Å². The van der Waals surface area contributed by atoms with Gasteiger partial charge in [0.05, 0.1) is 0 Å². The number of carbonyl (C=O) groups excluding carboxylic acids is 2. The molecule has 6 nitrogen and oxygen atoms in total. The average Bonchev–Trinajstić information content (AvgIpc) is 2.23. The number of unbranched alkanes of at least 4 members (excludes halogenated alkanes) is 2. The van der Waals surface area contributed by atoms with Crippen molar-refractivity contribution >= 4 is 17.8 Å². The van der Waals surface area contributed by atoms with Crippen molar-refractivity contribution in [3.05, 3.63) is 0 Å². The van der Waals surface area contributed by atoms with Gasteiger partial charge in [0.25, 0.3) is 0 Å². The molecule has 0 saturated heterocycles. The van der Waals surface area contributed by atoms with Crippen molar-refractivity contribution in [3.8, 4) is 0 Å². The Balaban J connectivity index is 4.02. The van der Waals surface area contributed by atoms with Gasteiger partial charge in [-0.25, -0.2) is 4.79 Å². The summed E-state index contributed by atoms with van der Waals surface area (Å²) in [5, 5.41) is 11.2. The van der Waals surface area contributed by atoms with Crippen molar-refractivity contribution in [3.63, 3.8) is 0 Å². The second kappa shape index (κ2) is 8.55. The number of rotatable bonds is 9. The van der Waals surface area contributed by atoms with E-state index in [9.17, 15) is 14.4 Å². The molecule has 0 saturated carbocycles. The fraction of sp³-hybridized carbons (Fsp3) is 0.727. The van der Waals surface area contributed by atoms with Crippen LogP contribution in [0.4, 0.5) is 0 Å². The summed E-state index contributed by atoms with van der Waals surface area (Å²) in [4.78, 5) is 32.7. The number of carboxylic acids is 1. The minimum atomic E-state index is -1.14. The maximum Gasteiger partial charge on any atom is 0.326 e. The molecule has 0 aromatic carbocycles. The Hall–Kier alpha value is -1.59. The highest BCUT2D eigenvalue weighted by atomic mass is 16.4. The summed E-state index contributed by atoms with van der Waals surface area (Å²) >= 11 is 0. The second-order valence-electron chi connectivity index (χ2n) is 3.92. The second-order valence-corrected chi connectivity index (χ2v) is 3.92. The van der Waals surface area contributed by atoms with Crippen LogP contribution in [0.25, 0.3) is 0 Å². The van der Waals surface area contributed by atoms with Crippen LogP contribution >= 0.6 is 0 Å². The molecule has 1 atom stereocenters. The first-order chi connectivity index (χ1) is 7.97. The Morgan fingerprint density at radius 3 is 2.35 bits per heavy atom. The molecule has 4 N–H and O–H groups in total. The summed E-state index contributed by atoms with van der Waals surface area (Å²) in [6, 6.07) is -1.03. The van der Waals surface area contributed by atoms with E-state index in [1.54, 1.807) is 0 Å². The number of aliphatic carboxylic acids is 1. The van der Waals surface area contributed by atoms with E-state index in [0.717, 1.165) is 19.3 Å². The van der Waals surface area contributed by atoms with Gasteiger partial charge in [-0.05, 0) is 12.8 Å². The zero-order chi connectivity index (χ0) is 13.3. The Kier molecular flexibility index (Phi) is 7.75.